The van der Waals surface area contributed by atoms with E-state index in [1.54, 1.807) is 24.4 Å². The van der Waals surface area contributed by atoms with E-state index in [-0.39, 0.29) is 5.91 Å². The molecule has 0 spiro atoms. The number of pyridine rings is 2. The van der Waals surface area contributed by atoms with Gasteiger partial charge in [0.15, 0.2) is 6.10 Å². The monoisotopic (exact) mass is 432 g/mol. The summed E-state index contributed by atoms with van der Waals surface area (Å²) in [5.41, 5.74) is 3.14. The number of amides is 1. The van der Waals surface area contributed by atoms with Crippen LogP contribution >= 0.6 is 0 Å². The lowest BCUT2D eigenvalue weighted by molar-refractivity contribution is -0.124. The number of aromatic nitrogens is 2. The maximum absolute atomic E-state index is 13.5. The molecule has 3 heterocycles. The highest BCUT2D eigenvalue weighted by molar-refractivity contribution is 6.06. The molecule has 1 amide bonds. The zero-order valence-electron chi connectivity index (χ0n) is 18.5. The number of carbonyl (C=O) groups is 2. The van der Waals surface area contributed by atoms with Gasteiger partial charge in [0.25, 0.3) is 5.91 Å². The van der Waals surface area contributed by atoms with Gasteiger partial charge in [-0.3, -0.25) is 14.7 Å². The summed E-state index contributed by atoms with van der Waals surface area (Å²) in [6, 6.07) is 12.9. The summed E-state index contributed by atoms with van der Waals surface area (Å²) in [6.07, 6.45) is 2.87. The Hall–Kier alpha value is -3.32. The van der Waals surface area contributed by atoms with E-state index in [0.717, 1.165) is 48.1 Å². The number of carbonyl (C=O) groups excluding carboxylic acids is 2. The molecule has 1 aliphatic heterocycles. The molecule has 2 aromatic heterocycles. The lowest BCUT2D eigenvalue weighted by Crippen LogP contribution is -2.35. The fraction of sp³-hybridized carbons (Fsp3) is 0.360. The van der Waals surface area contributed by atoms with Gasteiger partial charge < -0.3 is 10.1 Å². The minimum atomic E-state index is -0.914. The van der Waals surface area contributed by atoms with Crippen molar-refractivity contribution in [2.45, 2.75) is 45.8 Å². The minimum Gasteiger partial charge on any atom is -0.449 e. The molecule has 0 saturated heterocycles. The largest absolute Gasteiger partial charge is 0.449 e. The highest BCUT2D eigenvalue weighted by Gasteiger charge is 2.29. The van der Waals surface area contributed by atoms with Gasteiger partial charge in [0, 0.05) is 42.4 Å². The molecule has 0 bridgehead atoms. The average molecular weight is 433 g/mol. The lowest BCUT2D eigenvalue weighted by Gasteiger charge is -2.30. The highest BCUT2D eigenvalue weighted by Crippen LogP contribution is 2.29. The molecular formula is C25H28N4O3. The number of nitrogens with zero attached hydrogens (tertiary/aromatic N) is 3. The Kier molecular flexibility index (Phi) is 6.75. The van der Waals surface area contributed by atoms with Gasteiger partial charge >= 0.3 is 5.97 Å². The molecule has 1 unspecified atom stereocenters. The summed E-state index contributed by atoms with van der Waals surface area (Å²) < 4.78 is 5.76. The van der Waals surface area contributed by atoms with Crippen molar-refractivity contribution in [3.05, 3.63) is 65.5 Å². The number of para-hydroxylation sites is 1. The van der Waals surface area contributed by atoms with Crippen LogP contribution in [0, 0.1) is 0 Å². The molecule has 7 nitrogen and oxygen atoms in total. The maximum atomic E-state index is 13.5. The number of benzene rings is 1. The molecule has 166 valence electrons. The summed E-state index contributed by atoms with van der Waals surface area (Å²) in [7, 11) is 0. The van der Waals surface area contributed by atoms with E-state index in [2.05, 4.69) is 22.1 Å². The van der Waals surface area contributed by atoms with E-state index in [1.165, 1.54) is 0 Å². The maximum Gasteiger partial charge on any atom is 0.340 e. The number of fused-ring (bicyclic) bond motifs is 2. The van der Waals surface area contributed by atoms with Gasteiger partial charge in [-0.05, 0) is 37.6 Å². The summed E-state index contributed by atoms with van der Waals surface area (Å²) in [4.78, 5) is 37.5. The third-order valence-electron chi connectivity index (χ3n) is 5.70. The Morgan fingerprint density at radius 3 is 2.72 bits per heavy atom. The SMILES string of the molecule is CCCN1CCc2nc3ccccc3c(C(=O)OC(CC)C(=O)Nc3ccccn3)c2C1. The van der Waals surface area contributed by atoms with Crippen LogP contribution in [0.3, 0.4) is 0 Å². The quantitative estimate of drug-likeness (QED) is 0.569. The van der Waals surface area contributed by atoms with Crippen molar-refractivity contribution in [3.63, 3.8) is 0 Å². The van der Waals surface area contributed by atoms with Crippen LogP contribution in [0.15, 0.2) is 48.7 Å². The van der Waals surface area contributed by atoms with Crippen LogP contribution in [0.2, 0.25) is 0 Å². The Bertz CT molecular complexity index is 1120. The van der Waals surface area contributed by atoms with Crippen LogP contribution in [0.25, 0.3) is 10.9 Å². The second kappa shape index (κ2) is 9.87. The van der Waals surface area contributed by atoms with Crippen LogP contribution < -0.4 is 5.32 Å². The molecule has 1 aliphatic rings. The molecule has 0 saturated carbocycles. The molecule has 3 aromatic rings. The van der Waals surface area contributed by atoms with Crippen LogP contribution in [0.1, 0.15) is 48.3 Å². The first-order chi connectivity index (χ1) is 15.6. The molecular weight excluding hydrogens is 404 g/mol. The molecule has 32 heavy (non-hydrogen) atoms. The minimum absolute atomic E-state index is 0.359. The van der Waals surface area contributed by atoms with Crippen LogP contribution in [-0.2, 0) is 22.5 Å². The Morgan fingerprint density at radius 1 is 1.16 bits per heavy atom. The molecule has 4 rings (SSSR count). The number of hydrogen-bond donors (Lipinski definition) is 1. The number of anilines is 1. The van der Waals surface area contributed by atoms with Gasteiger partial charge in [-0.1, -0.05) is 38.1 Å². The van der Waals surface area contributed by atoms with Gasteiger partial charge in [-0.2, -0.15) is 0 Å². The van der Waals surface area contributed by atoms with Crippen molar-refractivity contribution in [1.82, 2.24) is 14.9 Å². The third kappa shape index (κ3) is 4.62. The molecule has 0 radical (unpaired) electrons. The van der Waals surface area contributed by atoms with Crippen LogP contribution in [-0.4, -0.2) is 45.9 Å². The van der Waals surface area contributed by atoms with E-state index in [9.17, 15) is 9.59 Å². The first-order valence-corrected chi connectivity index (χ1v) is 11.2. The normalized spacial score (nSPS) is 14.6. The van der Waals surface area contributed by atoms with Gasteiger partial charge in [-0.15, -0.1) is 0 Å². The van der Waals surface area contributed by atoms with Crippen molar-refractivity contribution in [2.24, 2.45) is 0 Å². The second-order valence-electron chi connectivity index (χ2n) is 7.96. The highest BCUT2D eigenvalue weighted by atomic mass is 16.5. The summed E-state index contributed by atoms with van der Waals surface area (Å²) in [5, 5.41) is 3.48. The zero-order valence-corrected chi connectivity index (χ0v) is 18.5. The molecule has 7 heteroatoms. The topological polar surface area (TPSA) is 84.4 Å². The summed E-state index contributed by atoms with van der Waals surface area (Å²) >= 11 is 0. The predicted octanol–water partition coefficient (Wildman–Crippen LogP) is 3.97. The first-order valence-electron chi connectivity index (χ1n) is 11.2. The van der Waals surface area contributed by atoms with E-state index >= 15 is 0 Å². The van der Waals surface area contributed by atoms with E-state index < -0.39 is 12.1 Å². The lowest BCUT2D eigenvalue weighted by atomic mass is 9.95. The predicted molar refractivity (Wildman–Crippen MR) is 123 cm³/mol. The van der Waals surface area contributed by atoms with Gasteiger partial charge in [0.1, 0.15) is 5.82 Å². The Morgan fingerprint density at radius 2 is 1.97 bits per heavy atom. The zero-order chi connectivity index (χ0) is 22.5. The number of esters is 1. The van der Waals surface area contributed by atoms with E-state index in [0.29, 0.717) is 24.3 Å². The second-order valence-corrected chi connectivity index (χ2v) is 7.96. The first kappa shape index (κ1) is 21.9. The van der Waals surface area contributed by atoms with Gasteiger partial charge in [-0.25, -0.2) is 9.78 Å². The van der Waals surface area contributed by atoms with E-state index in [4.69, 9.17) is 9.72 Å². The molecule has 0 fully saturated rings. The summed E-state index contributed by atoms with van der Waals surface area (Å²) in [5.74, 6) is -0.449. The number of ether oxygens (including phenoxy) is 1. The average Bonchev–Trinajstić information content (AvgIpc) is 2.81. The van der Waals surface area contributed by atoms with Gasteiger partial charge in [0.2, 0.25) is 0 Å². The van der Waals surface area contributed by atoms with Crippen LogP contribution in [0.5, 0.6) is 0 Å². The van der Waals surface area contributed by atoms with Gasteiger partial charge in [0.05, 0.1) is 11.1 Å². The van der Waals surface area contributed by atoms with Crippen molar-refractivity contribution < 1.29 is 14.3 Å². The number of rotatable bonds is 7. The molecule has 1 N–H and O–H groups in total. The summed E-state index contributed by atoms with van der Waals surface area (Å²) in [6.45, 7) is 6.51. The van der Waals surface area contributed by atoms with Crippen molar-refractivity contribution in [3.8, 4) is 0 Å². The molecule has 1 atom stereocenters. The fourth-order valence-corrected chi connectivity index (χ4v) is 4.14. The number of hydrogen-bond acceptors (Lipinski definition) is 6. The fourth-order valence-electron chi connectivity index (χ4n) is 4.14. The molecule has 1 aromatic carbocycles. The Balaban J connectivity index is 1.65. The van der Waals surface area contributed by atoms with Crippen LogP contribution in [0.4, 0.5) is 5.82 Å². The smallest absolute Gasteiger partial charge is 0.340 e. The van der Waals surface area contributed by atoms with E-state index in [1.807, 2.05) is 31.2 Å². The standard InChI is InChI=1S/C25H28N4O3/c1-3-14-29-15-12-20-18(16-29)23(17-9-5-6-10-19(17)27-20)25(31)32-21(4-2)24(30)28-22-11-7-8-13-26-22/h5-11,13,21H,3-4,12,14-16H2,1-2H3,(H,26,28,30). The third-order valence-corrected chi connectivity index (χ3v) is 5.70. The van der Waals surface area contributed by atoms with Crippen molar-refractivity contribution in [1.29, 1.82) is 0 Å². The number of nitrogens with one attached hydrogen (secondary N) is 1. The van der Waals surface area contributed by atoms with Crippen molar-refractivity contribution in [2.75, 3.05) is 18.4 Å². The van der Waals surface area contributed by atoms with Crippen molar-refractivity contribution >= 4 is 28.6 Å². The Labute approximate surface area is 187 Å². The molecule has 0 aliphatic carbocycles.